The number of carbonyl (C=O) groups excluding carboxylic acids is 2. The molecule has 0 aromatic heterocycles. The molecule has 1 unspecified atom stereocenters. The first-order valence-corrected chi connectivity index (χ1v) is 7.04. The number of nitrogens with zero attached hydrogens (tertiary/aromatic N) is 1. The van der Waals surface area contributed by atoms with Gasteiger partial charge >= 0.3 is 6.03 Å². The molecular formula is C15H21N3O2. The van der Waals surface area contributed by atoms with Gasteiger partial charge in [0, 0.05) is 7.05 Å². The van der Waals surface area contributed by atoms with Gasteiger partial charge in [-0.05, 0) is 31.5 Å². The molecule has 1 atom stereocenters. The number of likely N-dealkylation sites (tertiary alicyclic amines) is 1. The molecule has 1 heterocycles. The summed E-state index contributed by atoms with van der Waals surface area (Å²) >= 11 is 0. The number of benzene rings is 1. The lowest BCUT2D eigenvalue weighted by Crippen LogP contribution is -2.46. The highest BCUT2D eigenvalue weighted by Gasteiger charge is 2.29. The van der Waals surface area contributed by atoms with Gasteiger partial charge in [0.25, 0.3) is 0 Å². The first kappa shape index (κ1) is 14.5. The van der Waals surface area contributed by atoms with Gasteiger partial charge in [-0.25, -0.2) is 4.79 Å². The standard InChI is InChI=1S/C15H21N3O2/c1-16-15(20)17-14(19)13(12-8-4-2-5-9-12)18-10-6-3-7-11-18/h2,4-5,8-9,13H,3,6-7,10-11H2,1H3,(H2,16,17,19,20). The van der Waals surface area contributed by atoms with E-state index in [1.165, 1.54) is 13.5 Å². The summed E-state index contributed by atoms with van der Waals surface area (Å²) in [6.07, 6.45) is 3.39. The predicted octanol–water partition coefficient (Wildman–Crippen LogP) is 1.67. The van der Waals surface area contributed by atoms with Gasteiger partial charge in [-0.2, -0.15) is 0 Å². The van der Waals surface area contributed by atoms with Crippen LogP contribution in [0.1, 0.15) is 30.9 Å². The number of amides is 3. The molecule has 1 fully saturated rings. The minimum absolute atomic E-state index is 0.266. The average Bonchev–Trinajstić information content (AvgIpc) is 2.49. The van der Waals surface area contributed by atoms with Crippen LogP contribution < -0.4 is 10.6 Å². The summed E-state index contributed by atoms with van der Waals surface area (Å²) in [6, 6.07) is 8.76. The summed E-state index contributed by atoms with van der Waals surface area (Å²) in [4.78, 5) is 25.9. The van der Waals surface area contributed by atoms with Gasteiger partial charge in [0.15, 0.2) is 0 Å². The van der Waals surface area contributed by atoms with Crippen LogP contribution in [0.15, 0.2) is 30.3 Å². The van der Waals surface area contributed by atoms with Crippen molar-refractivity contribution in [3.8, 4) is 0 Å². The Morgan fingerprint density at radius 2 is 1.75 bits per heavy atom. The minimum atomic E-state index is -0.465. The van der Waals surface area contributed by atoms with Crippen molar-refractivity contribution in [2.75, 3.05) is 20.1 Å². The first-order valence-electron chi connectivity index (χ1n) is 7.04. The van der Waals surface area contributed by atoms with Crippen molar-refractivity contribution >= 4 is 11.9 Å². The highest BCUT2D eigenvalue weighted by Crippen LogP contribution is 2.24. The minimum Gasteiger partial charge on any atom is -0.341 e. The van der Waals surface area contributed by atoms with Crippen molar-refractivity contribution in [3.63, 3.8) is 0 Å². The number of imide groups is 1. The van der Waals surface area contributed by atoms with Crippen LogP contribution in [0.3, 0.4) is 0 Å². The molecule has 0 radical (unpaired) electrons. The Kier molecular flexibility index (Phi) is 5.12. The van der Waals surface area contributed by atoms with Gasteiger partial charge in [-0.1, -0.05) is 36.8 Å². The lowest BCUT2D eigenvalue weighted by Gasteiger charge is -2.33. The van der Waals surface area contributed by atoms with Crippen molar-refractivity contribution < 1.29 is 9.59 Å². The molecule has 108 valence electrons. The predicted molar refractivity (Wildman–Crippen MR) is 77.2 cm³/mol. The van der Waals surface area contributed by atoms with Crippen LogP contribution >= 0.6 is 0 Å². The van der Waals surface area contributed by atoms with E-state index in [9.17, 15) is 9.59 Å². The number of urea groups is 1. The average molecular weight is 275 g/mol. The highest BCUT2D eigenvalue weighted by atomic mass is 16.2. The Hall–Kier alpha value is -1.88. The van der Waals surface area contributed by atoms with Crippen LogP contribution in [0.5, 0.6) is 0 Å². The van der Waals surface area contributed by atoms with E-state index in [0.717, 1.165) is 31.5 Å². The quantitative estimate of drug-likeness (QED) is 0.882. The van der Waals surface area contributed by atoms with E-state index in [-0.39, 0.29) is 5.91 Å². The second-order valence-electron chi connectivity index (χ2n) is 4.98. The molecule has 1 aromatic carbocycles. The van der Waals surface area contributed by atoms with Gasteiger partial charge in [0.2, 0.25) is 5.91 Å². The fraction of sp³-hybridized carbons (Fsp3) is 0.467. The van der Waals surface area contributed by atoms with Crippen molar-refractivity contribution in [3.05, 3.63) is 35.9 Å². The smallest absolute Gasteiger partial charge is 0.321 e. The van der Waals surface area contributed by atoms with Crippen molar-refractivity contribution in [2.45, 2.75) is 25.3 Å². The van der Waals surface area contributed by atoms with E-state index in [1.807, 2.05) is 30.3 Å². The van der Waals surface area contributed by atoms with E-state index < -0.39 is 12.1 Å². The third-order valence-corrected chi connectivity index (χ3v) is 3.58. The van der Waals surface area contributed by atoms with Crippen molar-refractivity contribution in [1.29, 1.82) is 0 Å². The molecule has 0 aliphatic carbocycles. The number of nitrogens with one attached hydrogen (secondary N) is 2. The fourth-order valence-corrected chi connectivity index (χ4v) is 2.58. The van der Waals surface area contributed by atoms with Crippen LogP contribution in [0, 0.1) is 0 Å². The zero-order chi connectivity index (χ0) is 14.4. The molecule has 1 aliphatic heterocycles. The summed E-state index contributed by atoms with van der Waals surface area (Å²) in [5, 5.41) is 4.81. The van der Waals surface area contributed by atoms with Gasteiger partial charge < -0.3 is 5.32 Å². The molecule has 20 heavy (non-hydrogen) atoms. The van der Waals surface area contributed by atoms with E-state index in [2.05, 4.69) is 15.5 Å². The maximum Gasteiger partial charge on any atom is 0.321 e. The molecule has 3 amide bonds. The van der Waals surface area contributed by atoms with E-state index in [0.29, 0.717) is 0 Å². The number of hydrogen-bond acceptors (Lipinski definition) is 3. The summed E-state index contributed by atoms with van der Waals surface area (Å²) in [5.41, 5.74) is 0.927. The zero-order valence-corrected chi connectivity index (χ0v) is 11.8. The van der Waals surface area contributed by atoms with Crippen molar-refractivity contribution in [2.24, 2.45) is 0 Å². The Labute approximate surface area is 119 Å². The zero-order valence-electron chi connectivity index (χ0n) is 11.8. The molecule has 0 bridgehead atoms. The highest BCUT2D eigenvalue weighted by molar-refractivity contribution is 5.97. The summed E-state index contributed by atoms with van der Waals surface area (Å²) in [5.74, 6) is -0.266. The Morgan fingerprint density at radius 3 is 2.35 bits per heavy atom. The number of carbonyl (C=O) groups is 2. The summed E-state index contributed by atoms with van der Waals surface area (Å²) < 4.78 is 0. The molecule has 2 N–H and O–H groups in total. The fourth-order valence-electron chi connectivity index (χ4n) is 2.58. The lowest BCUT2D eigenvalue weighted by molar-refractivity contribution is -0.126. The maximum absolute atomic E-state index is 12.4. The second-order valence-corrected chi connectivity index (χ2v) is 4.98. The second kappa shape index (κ2) is 7.05. The largest absolute Gasteiger partial charge is 0.341 e. The summed E-state index contributed by atoms with van der Waals surface area (Å²) in [7, 11) is 1.50. The number of hydrogen-bond donors (Lipinski definition) is 2. The Balaban J connectivity index is 2.19. The SMILES string of the molecule is CNC(=O)NC(=O)C(c1ccccc1)N1CCCCC1. The topological polar surface area (TPSA) is 61.4 Å². The molecule has 0 saturated carbocycles. The van der Waals surface area contributed by atoms with Crippen molar-refractivity contribution in [1.82, 2.24) is 15.5 Å². The molecule has 5 heteroatoms. The molecule has 1 aliphatic rings. The molecule has 1 aromatic rings. The van der Waals surface area contributed by atoms with Crippen LogP contribution in [-0.4, -0.2) is 37.0 Å². The van der Waals surface area contributed by atoms with Crippen LogP contribution in [0.2, 0.25) is 0 Å². The third kappa shape index (κ3) is 3.57. The number of rotatable bonds is 3. The molecule has 2 rings (SSSR count). The van der Waals surface area contributed by atoms with E-state index >= 15 is 0 Å². The normalized spacial score (nSPS) is 17.2. The van der Waals surface area contributed by atoms with Gasteiger partial charge in [0.1, 0.15) is 6.04 Å². The van der Waals surface area contributed by atoms with E-state index in [4.69, 9.17) is 0 Å². The molecular weight excluding hydrogens is 254 g/mol. The summed E-state index contributed by atoms with van der Waals surface area (Å²) in [6.45, 7) is 1.78. The molecule has 1 saturated heterocycles. The van der Waals surface area contributed by atoms with Crippen LogP contribution in [0.4, 0.5) is 4.79 Å². The monoisotopic (exact) mass is 275 g/mol. The Bertz CT molecular complexity index is 455. The number of piperidine rings is 1. The Morgan fingerprint density at radius 1 is 1.10 bits per heavy atom. The molecule has 5 nitrogen and oxygen atoms in total. The van der Waals surface area contributed by atoms with E-state index in [1.54, 1.807) is 0 Å². The van der Waals surface area contributed by atoms with Gasteiger partial charge in [-0.15, -0.1) is 0 Å². The first-order chi connectivity index (χ1) is 9.72. The third-order valence-electron chi connectivity index (χ3n) is 3.58. The molecule has 0 spiro atoms. The van der Waals surface area contributed by atoms with Crippen LogP contribution in [-0.2, 0) is 4.79 Å². The van der Waals surface area contributed by atoms with Gasteiger partial charge in [0.05, 0.1) is 0 Å². The lowest BCUT2D eigenvalue weighted by atomic mass is 10.0. The van der Waals surface area contributed by atoms with Gasteiger partial charge in [-0.3, -0.25) is 15.0 Å². The maximum atomic E-state index is 12.4. The van der Waals surface area contributed by atoms with Crippen LogP contribution in [0.25, 0.3) is 0 Å².